The molecule has 0 spiro atoms. The molecule has 0 rings (SSSR count). The number of carbonyl (C=O) groups excluding carboxylic acids is 3. The Bertz CT molecular complexity index is 905. The van der Waals surface area contributed by atoms with Gasteiger partial charge in [-0.05, 0) is 12.8 Å². The number of carboxylic acid groups (broad SMARTS) is 1. The number of carboxylic acids is 1. The maximum atomic E-state index is 12.8. The van der Waals surface area contributed by atoms with Crippen molar-refractivity contribution in [1.82, 2.24) is 5.32 Å². The highest BCUT2D eigenvalue weighted by atomic mass is 16.5. The first-order chi connectivity index (χ1) is 25.8. The smallest absolute Gasteiger partial charge is 0.331 e. The fraction of sp³-hybridized carbons (Fsp3) is 0.867. The molecule has 0 bridgehead atoms. The van der Waals surface area contributed by atoms with Gasteiger partial charge in [-0.25, -0.2) is 9.59 Å². The summed E-state index contributed by atoms with van der Waals surface area (Å²) in [6.45, 7) is 8.37. The Kier molecular flexibility index (Phi) is 37.6. The summed E-state index contributed by atoms with van der Waals surface area (Å²) in [5.74, 6) is -3.29. The molecule has 1 amide bonds. The maximum Gasteiger partial charge on any atom is 0.331 e. The van der Waals surface area contributed by atoms with E-state index in [0.717, 1.165) is 32.1 Å². The van der Waals surface area contributed by atoms with Crippen molar-refractivity contribution in [2.75, 3.05) is 13.2 Å². The first-order valence-electron chi connectivity index (χ1n) is 22.3. The molecule has 0 fully saturated rings. The predicted octanol–water partition coefficient (Wildman–Crippen LogP) is 12.5. The summed E-state index contributed by atoms with van der Waals surface area (Å²) in [5, 5.41) is 11.5. The van der Waals surface area contributed by atoms with Crippen LogP contribution in [0.1, 0.15) is 232 Å². The van der Waals surface area contributed by atoms with E-state index in [1.165, 1.54) is 167 Å². The van der Waals surface area contributed by atoms with Gasteiger partial charge in [0.1, 0.15) is 6.04 Å². The second-order valence-corrected chi connectivity index (χ2v) is 15.4. The number of aliphatic carboxylic acids is 1. The van der Waals surface area contributed by atoms with Crippen molar-refractivity contribution < 1.29 is 33.8 Å². The van der Waals surface area contributed by atoms with Crippen LogP contribution in [0.25, 0.3) is 0 Å². The summed E-state index contributed by atoms with van der Waals surface area (Å²) in [5.41, 5.74) is -0.297. The van der Waals surface area contributed by atoms with Crippen molar-refractivity contribution in [3.05, 3.63) is 12.2 Å². The predicted molar refractivity (Wildman–Crippen MR) is 219 cm³/mol. The lowest BCUT2D eigenvalue weighted by molar-refractivity contribution is -0.154. The number of esters is 2. The molecule has 0 saturated carbocycles. The normalized spacial score (nSPS) is 11.7. The topological polar surface area (TPSA) is 119 Å². The molecule has 8 heteroatoms. The van der Waals surface area contributed by atoms with E-state index in [1.54, 1.807) is 0 Å². The molecule has 8 nitrogen and oxygen atoms in total. The fourth-order valence-corrected chi connectivity index (χ4v) is 6.69. The third kappa shape index (κ3) is 36.4. The Hall–Kier alpha value is -2.38. The Balaban J connectivity index is 4.11. The molecular formula is C45H83NO7. The zero-order valence-electron chi connectivity index (χ0n) is 34.6. The molecule has 0 aromatic heterocycles. The molecule has 0 aliphatic rings. The van der Waals surface area contributed by atoms with Gasteiger partial charge < -0.3 is 19.9 Å². The zero-order valence-corrected chi connectivity index (χ0v) is 34.6. The van der Waals surface area contributed by atoms with Gasteiger partial charge in [0.05, 0.1) is 26.1 Å². The van der Waals surface area contributed by atoms with Crippen molar-refractivity contribution in [3.8, 4) is 0 Å². The molecule has 0 heterocycles. The van der Waals surface area contributed by atoms with Gasteiger partial charge in [0.25, 0.3) is 0 Å². The Morgan fingerprint density at radius 2 is 0.792 bits per heavy atom. The molecule has 0 aromatic rings. The maximum absolute atomic E-state index is 12.8. The minimum absolute atomic E-state index is 0.208. The summed E-state index contributed by atoms with van der Waals surface area (Å²) in [6, 6.07) is -1.23. The van der Waals surface area contributed by atoms with Crippen LogP contribution in [0.3, 0.4) is 0 Å². The van der Waals surface area contributed by atoms with Crippen LogP contribution in [0, 0.1) is 0 Å². The average Bonchev–Trinajstić information content (AvgIpc) is 3.13. The number of hydrogen-bond acceptors (Lipinski definition) is 6. The van der Waals surface area contributed by atoms with Crippen molar-refractivity contribution >= 4 is 23.8 Å². The van der Waals surface area contributed by atoms with Crippen LogP contribution in [0.4, 0.5) is 0 Å². The number of ether oxygens (including phenoxy) is 2. The molecule has 0 saturated heterocycles. The third-order valence-electron chi connectivity index (χ3n) is 10.2. The van der Waals surface area contributed by atoms with Crippen LogP contribution in [-0.4, -0.2) is 48.2 Å². The monoisotopic (exact) mass is 750 g/mol. The average molecular weight is 750 g/mol. The highest BCUT2D eigenvalue weighted by molar-refractivity contribution is 5.95. The number of unbranched alkanes of at least 4 members (excludes halogenated alkanes) is 30. The second kappa shape index (κ2) is 39.3. The number of nitrogens with one attached hydrogen (secondary N) is 1. The number of rotatable bonds is 41. The largest absolute Gasteiger partial charge is 0.478 e. The van der Waals surface area contributed by atoms with Gasteiger partial charge in [0.15, 0.2) is 0 Å². The van der Waals surface area contributed by atoms with Crippen molar-refractivity contribution in [1.29, 1.82) is 0 Å². The van der Waals surface area contributed by atoms with Gasteiger partial charge in [-0.3, -0.25) is 9.59 Å². The lowest BCUT2D eigenvalue weighted by Crippen LogP contribution is -2.43. The molecule has 1 atom stereocenters. The van der Waals surface area contributed by atoms with Crippen molar-refractivity contribution in [2.45, 2.75) is 238 Å². The molecular weight excluding hydrogens is 666 g/mol. The van der Waals surface area contributed by atoms with Gasteiger partial charge in [-0.2, -0.15) is 0 Å². The lowest BCUT2D eigenvalue weighted by atomic mass is 10.0. The van der Waals surface area contributed by atoms with E-state index in [4.69, 9.17) is 14.6 Å². The molecule has 310 valence electrons. The quantitative estimate of drug-likeness (QED) is 0.0363. The molecule has 0 aromatic carbocycles. The molecule has 53 heavy (non-hydrogen) atoms. The summed E-state index contributed by atoms with van der Waals surface area (Å²) in [4.78, 5) is 48.9. The summed E-state index contributed by atoms with van der Waals surface area (Å²) in [7, 11) is 0. The second-order valence-electron chi connectivity index (χ2n) is 15.4. The van der Waals surface area contributed by atoms with E-state index >= 15 is 0 Å². The van der Waals surface area contributed by atoms with E-state index in [-0.39, 0.29) is 25.2 Å². The van der Waals surface area contributed by atoms with Crippen LogP contribution in [-0.2, 0) is 28.7 Å². The summed E-state index contributed by atoms with van der Waals surface area (Å²) < 4.78 is 10.8. The Morgan fingerprint density at radius 3 is 1.11 bits per heavy atom. The van der Waals surface area contributed by atoms with Gasteiger partial charge >= 0.3 is 17.9 Å². The minimum Gasteiger partial charge on any atom is -0.478 e. The van der Waals surface area contributed by atoms with E-state index in [9.17, 15) is 19.2 Å². The third-order valence-corrected chi connectivity index (χ3v) is 10.2. The first kappa shape index (κ1) is 50.6. The van der Waals surface area contributed by atoms with Gasteiger partial charge in [0, 0.05) is 5.57 Å². The molecule has 2 N–H and O–H groups in total. The fourth-order valence-electron chi connectivity index (χ4n) is 6.69. The van der Waals surface area contributed by atoms with Gasteiger partial charge in [-0.15, -0.1) is 0 Å². The SMILES string of the molecule is C=C(CC(=O)N[C@@H](CC(=O)OCCCCCCCCCCCCCCCCCC)C(=O)OCCCCCCCCCCCCCCCCCC)C(=O)O. The van der Waals surface area contributed by atoms with E-state index in [1.807, 2.05) is 0 Å². The lowest BCUT2D eigenvalue weighted by Gasteiger charge is -2.17. The van der Waals surface area contributed by atoms with E-state index < -0.39 is 36.3 Å². The van der Waals surface area contributed by atoms with Crippen LogP contribution in [0.5, 0.6) is 0 Å². The zero-order chi connectivity index (χ0) is 39.0. The Labute approximate surface area is 325 Å². The Morgan fingerprint density at radius 1 is 0.491 bits per heavy atom. The van der Waals surface area contributed by atoms with Gasteiger partial charge in [-0.1, -0.05) is 213 Å². The molecule has 0 unspecified atom stereocenters. The minimum atomic E-state index is -1.29. The molecule has 0 aliphatic heterocycles. The molecule has 0 radical (unpaired) electrons. The first-order valence-corrected chi connectivity index (χ1v) is 22.3. The standard InChI is InChI=1S/C45H83NO7/c1-4-6-8-10-12-14-16-18-20-22-24-26-28-30-32-34-36-52-43(48)39-41(46-42(47)38-40(3)44(49)50)45(51)53-37-35-33-31-29-27-25-23-21-19-17-15-13-11-9-7-5-2/h41H,3-39H2,1-2H3,(H,46,47)(H,49,50)/t41-/m0/s1. The van der Waals surface area contributed by atoms with E-state index in [2.05, 4.69) is 25.7 Å². The molecule has 0 aliphatic carbocycles. The van der Waals surface area contributed by atoms with Crippen LogP contribution in [0.2, 0.25) is 0 Å². The summed E-state index contributed by atoms with van der Waals surface area (Å²) in [6.07, 6.45) is 39.4. The van der Waals surface area contributed by atoms with Crippen molar-refractivity contribution in [2.24, 2.45) is 0 Å². The van der Waals surface area contributed by atoms with E-state index in [0.29, 0.717) is 6.42 Å². The van der Waals surface area contributed by atoms with Crippen LogP contribution in [0.15, 0.2) is 12.2 Å². The highest BCUT2D eigenvalue weighted by Gasteiger charge is 2.27. The van der Waals surface area contributed by atoms with Crippen LogP contribution >= 0.6 is 0 Å². The number of carbonyl (C=O) groups is 4. The van der Waals surface area contributed by atoms with Crippen LogP contribution < -0.4 is 5.32 Å². The highest BCUT2D eigenvalue weighted by Crippen LogP contribution is 2.16. The summed E-state index contributed by atoms with van der Waals surface area (Å²) >= 11 is 0. The van der Waals surface area contributed by atoms with Gasteiger partial charge in [0.2, 0.25) is 5.91 Å². The van der Waals surface area contributed by atoms with Crippen molar-refractivity contribution in [3.63, 3.8) is 0 Å². The number of hydrogen-bond donors (Lipinski definition) is 2. The number of amides is 1.